The fraction of sp³-hybridized carbons (Fsp3) is 0.565. The van der Waals surface area contributed by atoms with Crippen LogP contribution < -0.4 is 21.3 Å². The van der Waals surface area contributed by atoms with E-state index in [9.17, 15) is 9.90 Å². The van der Waals surface area contributed by atoms with E-state index in [1.54, 1.807) is 6.92 Å². The lowest BCUT2D eigenvalue weighted by Gasteiger charge is -2.40. The zero-order valence-corrected chi connectivity index (χ0v) is 17.7. The molecule has 3 unspecified atom stereocenters. The average Bonchev–Trinajstić information content (AvgIpc) is 3.25. The van der Waals surface area contributed by atoms with Crippen molar-refractivity contribution < 1.29 is 9.90 Å². The van der Waals surface area contributed by atoms with Crippen LogP contribution in [-0.4, -0.2) is 53.9 Å². The van der Waals surface area contributed by atoms with E-state index < -0.39 is 6.17 Å². The second-order valence-corrected chi connectivity index (χ2v) is 8.75. The summed E-state index contributed by atoms with van der Waals surface area (Å²) in [5, 5.41) is 17.6. The van der Waals surface area contributed by atoms with Gasteiger partial charge in [0.15, 0.2) is 0 Å². The number of carbonyl (C=O) groups excluding carboxylic acids is 1. The van der Waals surface area contributed by atoms with Gasteiger partial charge in [-0.2, -0.15) is 0 Å². The number of hydrogen-bond acceptors (Lipinski definition) is 6. The minimum atomic E-state index is -0.441. The number of fused-ring (bicyclic) bond motifs is 1. The number of benzene rings is 1. The van der Waals surface area contributed by atoms with Gasteiger partial charge in [0.1, 0.15) is 5.82 Å². The van der Waals surface area contributed by atoms with Crippen LogP contribution >= 0.6 is 0 Å². The van der Waals surface area contributed by atoms with Gasteiger partial charge in [-0.25, -0.2) is 4.98 Å². The van der Waals surface area contributed by atoms with Crippen molar-refractivity contribution in [1.29, 1.82) is 0 Å². The lowest BCUT2D eigenvalue weighted by molar-refractivity contribution is 0.0941. The number of nitrogens with zero attached hydrogens (tertiary/aromatic N) is 2. The topological polar surface area (TPSA) is 104 Å². The third kappa shape index (κ3) is 4.58. The molecule has 0 bridgehead atoms. The number of amides is 1. The van der Waals surface area contributed by atoms with Gasteiger partial charge in [0.25, 0.3) is 5.91 Å². The quantitative estimate of drug-likeness (QED) is 0.542. The molecule has 1 saturated carbocycles. The first-order valence-electron chi connectivity index (χ1n) is 11.1. The van der Waals surface area contributed by atoms with Gasteiger partial charge in [0.05, 0.1) is 17.2 Å². The number of nitrogens with one attached hydrogen (secondary N) is 2. The molecule has 2 heterocycles. The molecule has 7 nitrogen and oxygen atoms in total. The fourth-order valence-electron chi connectivity index (χ4n) is 4.82. The minimum absolute atomic E-state index is 0.108. The first-order valence-corrected chi connectivity index (χ1v) is 11.1. The highest BCUT2D eigenvalue weighted by Crippen LogP contribution is 2.29. The molecule has 1 amide bonds. The number of rotatable bonds is 6. The van der Waals surface area contributed by atoms with Gasteiger partial charge in [-0.1, -0.05) is 31.0 Å². The van der Waals surface area contributed by atoms with Crippen molar-refractivity contribution in [2.24, 2.45) is 11.7 Å². The first-order chi connectivity index (χ1) is 14.5. The summed E-state index contributed by atoms with van der Waals surface area (Å²) in [5.41, 5.74) is 7.19. The molecule has 162 valence electrons. The Hall–Kier alpha value is -2.22. The monoisotopic (exact) mass is 411 g/mol. The van der Waals surface area contributed by atoms with Crippen LogP contribution in [0.3, 0.4) is 0 Å². The van der Waals surface area contributed by atoms with Crippen molar-refractivity contribution in [3.63, 3.8) is 0 Å². The van der Waals surface area contributed by atoms with Crippen LogP contribution in [-0.2, 0) is 0 Å². The predicted octanol–water partition coefficient (Wildman–Crippen LogP) is 1.99. The Labute approximate surface area is 178 Å². The number of aliphatic hydroxyl groups is 1. The highest BCUT2D eigenvalue weighted by atomic mass is 16.3. The summed E-state index contributed by atoms with van der Waals surface area (Å²) in [6.07, 6.45) is 5.52. The molecule has 4 rings (SSSR count). The van der Waals surface area contributed by atoms with Gasteiger partial charge in [-0.3, -0.25) is 4.79 Å². The van der Waals surface area contributed by atoms with E-state index in [1.165, 1.54) is 25.7 Å². The zero-order valence-electron chi connectivity index (χ0n) is 17.7. The van der Waals surface area contributed by atoms with Crippen molar-refractivity contribution >= 4 is 22.6 Å². The number of aromatic nitrogens is 1. The van der Waals surface area contributed by atoms with Crippen LogP contribution in [0.1, 0.15) is 49.4 Å². The maximum absolute atomic E-state index is 12.9. The molecule has 0 spiro atoms. The van der Waals surface area contributed by atoms with Gasteiger partial charge >= 0.3 is 0 Å². The van der Waals surface area contributed by atoms with E-state index in [4.69, 9.17) is 10.7 Å². The van der Waals surface area contributed by atoms with E-state index >= 15 is 0 Å². The number of hydrogen-bond donors (Lipinski definition) is 4. The molecule has 1 aromatic heterocycles. The molecule has 2 aliphatic rings. The highest BCUT2D eigenvalue weighted by Gasteiger charge is 2.33. The summed E-state index contributed by atoms with van der Waals surface area (Å²) in [5.74, 6) is 0.562. The van der Waals surface area contributed by atoms with Crippen molar-refractivity contribution in [1.82, 2.24) is 15.6 Å². The third-order valence-electron chi connectivity index (χ3n) is 6.38. The van der Waals surface area contributed by atoms with Crippen molar-refractivity contribution in [2.75, 3.05) is 24.6 Å². The van der Waals surface area contributed by atoms with Crippen LogP contribution in [0, 0.1) is 5.92 Å². The number of aliphatic hydroxyl groups excluding tert-OH is 1. The van der Waals surface area contributed by atoms with Crippen LogP contribution in [0.15, 0.2) is 30.3 Å². The van der Waals surface area contributed by atoms with Crippen LogP contribution in [0.4, 0.5) is 5.82 Å². The van der Waals surface area contributed by atoms with E-state index in [2.05, 4.69) is 15.5 Å². The molecule has 2 fully saturated rings. The standard InChI is InChI=1S/C23H33N5O2/c1-15(24)25-23(30)19-12-16-6-2-5-9-20(16)27-22(19)28-11-10-21(17(13-28)14-29)26-18-7-3-4-8-18/h2,5-6,9,12,15,17-18,21,26,29H,3-4,7-8,10-11,13-14,24H2,1H3,(H,25,30). The molecule has 2 aromatic rings. The van der Waals surface area contributed by atoms with E-state index in [1.807, 2.05) is 30.3 Å². The van der Waals surface area contributed by atoms with Crippen molar-refractivity contribution in [3.05, 3.63) is 35.9 Å². The second kappa shape index (κ2) is 9.29. The first kappa shape index (κ1) is 21.0. The summed E-state index contributed by atoms with van der Waals surface area (Å²) in [6, 6.07) is 10.6. The van der Waals surface area contributed by atoms with Crippen LogP contribution in [0.5, 0.6) is 0 Å². The Morgan fingerprint density at radius 2 is 2.07 bits per heavy atom. The second-order valence-electron chi connectivity index (χ2n) is 8.75. The lowest BCUT2D eigenvalue weighted by atomic mass is 9.91. The third-order valence-corrected chi connectivity index (χ3v) is 6.38. The van der Waals surface area contributed by atoms with Crippen LogP contribution in [0.25, 0.3) is 10.9 Å². The lowest BCUT2D eigenvalue weighted by Crippen LogP contribution is -2.53. The Morgan fingerprint density at radius 3 is 2.80 bits per heavy atom. The Balaban J connectivity index is 1.60. The SMILES string of the molecule is CC(N)NC(=O)c1cc2ccccc2nc1N1CCC(NC2CCCC2)C(CO)C1. The van der Waals surface area contributed by atoms with Crippen LogP contribution in [0.2, 0.25) is 0 Å². The largest absolute Gasteiger partial charge is 0.396 e. The molecule has 7 heteroatoms. The smallest absolute Gasteiger partial charge is 0.256 e. The number of carbonyl (C=O) groups is 1. The molecular formula is C23H33N5O2. The van der Waals surface area contributed by atoms with Crippen molar-refractivity contribution in [2.45, 2.75) is 57.3 Å². The van der Waals surface area contributed by atoms with E-state index in [-0.39, 0.29) is 18.4 Å². The predicted molar refractivity (Wildman–Crippen MR) is 119 cm³/mol. The number of nitrogens with two attached hydrogens (primary N) is 1. The average molecular weight is 412 g/mol. The molecule has 30 heavy (non-hydrogen) atoms. The van der Waals surface area contributed by atoms with Gasteiger partial charge in [-0.05, 0) is 38.3 Å². The molecule has 1 aromatic carbocycles. The molecule has 5 N–H and O–H groups in total. The summed E-state index contributed by atoms with van der Waals surface area (Å²) in [4.78, 5) is 19.9. The van der Waals surface area contributed by atoms with Crippen molar-refractivity contribution in [3.8, 4) is 0 Å². The fourth-order valence-corrected chi connectivity index (χ4v) is 4.82. The Morgan fingerprint density at radius 1 is 1.30 bits per heavy atom. The number of pyridine rings is 1. The maximum Gasteiger partial charge on any atom is 0.256 e. The summed E-state index contributed by atoms with van der Waals surface area (Å²) in [7, 11) is 0. The van der Waals surface area contributed by atoms with E-state index in [0.717, 1.165) is 23.9 Å². The van der Waals surface area contributed by atoms with Gasteiger partial charge in [-0.15, -0.1) is 0 Å². The Kier molecular flexibility index (Phi) is 6.51. The summed E-state index contributed by atoms with van der Waals surface area (Å²) < 4.78 is 0. The molecule has 3 atom stereocenters. The number of anilines is 1. The minimum Gasteiger partial charge on any atom is -0.396 e. The number of para-hydroxylation sites is 1. The zero-order chi connectivity index (χ0) is 21.1. The molecular weight excluding hydrogens is 378 g/mol. The molecule has 0 radical (unpaired) electrons. The summed E-state index contributed by atoms with van der Waals surface area (Å²) >= 11 is 0. The highest BCUT2D eigenvalue weighted by molar-refractivity contribution is 6.02. The Bertz CT molecular complexity index is 881. The normalized spacial score (nSPS) is 23.6. The van der Waals surface area contributed by atoms with Gasteiger partial charge in [0.2, 0.25) is 0 Å². The summed E-state index contributed by atoms with van der Waals surface area (Å²) in [6.45, 7) is 3.33. The van der Waals surface area contributed by atoms with Gasteiger partial charge < -0.3 is 26.4 Å². The molecule has 1 aliphatic carbocycles. The van der Waals surface area contributed by atoms with Gasteiger partial charge in [0, 0.05) is 43.1 Å². The maximum atomic E-state index is 12.9. The molecule has 1 aliphatic heterocycles. The molecule has 1 saturated heterocycles. The number of piperidine rings is 1. The van der Waals surface area contributed by atoms with E-state index in [0.29, 0.717) is 30.0 Å².